The largest absolute Gasteiger partial charge is 0.0998 e. The van der Waals surface area contributed by atoms with Crippen LogP contribution in [-0.4, -0.2) is 0 Å². The van der Waals surface area contributed by atoms with Crippen molar-refractivity contribution >= 4 is 0 Å². The van der Waals surface area contributed by atoms with E-state index in [9.17, 15) is 0 Å². The zero-order valence-corrected chi connectivity index (χ0v) is 13.0. The molecule has 0 amide bonds. The summed E-state index contributed by atoms with van der Waals surface area (Å²) in [5.41, 5.74) is 2.90. The van der Waals surface area contributed by atoms with Gasteiger partial charge in [0.2, 0.25) is 0 Å². The van der Waals surface area contributed by atoms with Gasteiger partial charge in [0.15, 0.2) is 0 Å². The quantitative estimate of drug-likeness (QED) is 0.536. The second-order valence-corrected chi connectivity index (χ2v) is 7.22. The highest BCUT2D eigenvalue weighted by Gasteiger charge is 2.44. The topological polar surface area (TPSA) is 0 Å². The zero-order chi connectivity index (χ0) is 14.1. The van der Waals surface area contributed by atoms with Gasteiger partial charge in [-0.3, -0.25) is 0 Å². The molecule has 0 aromatic carbocycles. The molecule has 0 saturated heterocycles. The number of hydrogen-bond donors (Lipinski definition) is 0. The van der Waals surface area contributed by atoms with Gasteiger partial charge in [-0.2, -0.15) is 0 Å². The van der Waals surface area contributed by atoms with Crippen molar-refractivity contribution in [2.45, 2.75) is 46.0 Å². The first-order chi connectivity index (χ1) is 9.65. The molecule has 4 aliphatic carbocycles. The molecule has 1 saturated carbocycles. The summed E-state index contributed by atoms with van der Waals surface area (Å²) in [5, 5.41) is 0. The Balaban J connectivity index is 0.000000121. The Kier molecular flexibility index (Phi) is 4.01. The predicted octanol–water partition coefficient (Wildman–Crippen LogP) is 5.69. The van der Waals surface area contributed by atoms with E-state index in [2.05, 4.69) is 50.8 Å². The molecule has 0 aromatic heterocycles. The van der Waals surface area contributed by atoms with Crippen LogP contribution in [0, 0.1) is 29.6 Å². The van der Waals surface area contributed by atoms with Gasteiger partial charge in [0, 0.05) is 0 Å². The van der Waals surface area contributed by atoms with Crippen LogP contribution in [0.2, 0.25) is 0 Å². The van der Waals surface area contributed by atoms with Gasteiger partial charge in [-0.1, -0.05) is 48.1 Å². The zero-order valence-electron chi connectivity index (χ0n) is 13.0. The van der Waals surface area contributed by atoms with E-state index in [1.807, 2.05) is 0 Å². The molecule has 0 heteroatoms. The average Bonchev–Trinajstić information content (AvgIpc) is 3.14. The van der Waals surface area contributed by atoms with Gasteiger partial charge in [-0.15, -0.1) is 0 Å². The van der Waals surface area contributed by atoms with Crippen LogP contribution in [0.15, 0.2) is 48.1 Å². The van der Waals surface area contributed by atoms with E-state index in [1.165, 1.54) is 37.7 Å². The predicted molar refractivity (Wildman–Crippen MR) is 87.4 cm³/mol. The SMILES string of the molecule is C1=CC2C3C=CC(C3)C2C1.C=C(C)C1CC=C(C)CC1. The lowest BCUT2D eigenvalue weighted by Gasteiger charge is -2.19. The van der Waals surface area contributed by atoms with Crippen molar-refractivity contribution in [2.75, 3.05) is 0 Å². The third-order valence-electron chi connectivity index (χ3n) is 5.79. The molecular weight excluding hydrogens is 240 g/mol. The van der Waals surface area contributed by atoms with Gasteiger partial charge < -0.3 is 0 Å². The summed E-state index contributed by atoms with van der Waals surface area (Å²) >= 11 is 0. The minimum atomic E-state index is 0.767. The van der Waals surface area contributed by atoms with Gasteiger partial charge >= 0.3 is 0 Å². The second-order valence-electron chi connectivity index (χ2n) is 7.22. The first-order valence-corrected chi connectivity index (χ1v) is 8.31. The highest BCUT2D eigenvalue weighted by Crippen LogP contribution is 2.52. The van der Waals surface area contributed by atoms with E-state index in [1.54, 1.807) is 5.57 Å². The van der Waals surface area contributed by atoms with Gasteiger partial charge in [0.25, 0.3) is 0 Å². The first-order valence-electron chi connectivity index (χ1n) is 8.31. The average molecular weight is 268 g/mol. The number of allylic oxidation sites excluding steroid dienone is 7. The van der Waals surface area contributed by atoms with Gasteiger partial charge in [-0.05, 0) is 75.5 Å². The van der Waals surface area contributed by atoms with Gasteiger partial charge in [-0.25, -0.2) is 0 Å². The lowest BCUT2D eigenvalue weighted by Crippen LogP contribution is -2.12. The Labute approximate surface area is 124 Å². The Morgan fingerprint density at radius 2 is 1.95 bits per heavy atom. The number of fused-ring (bicyclic) bond motifs is 5. The van der Waals surface area contributed by atoms with E-state index in [0.29, 0.717) is 0 Å². The number of hydrogen-bond acceptors (Lipinski definition) is 0. The van der Waals surface area contributed by atoms with Gasteiger partial charge in [0.05, 0.1) is 0 Å². The molecule has 20 heavy (non-hydrogen) atoms. The van der Waals surface area contributed by atoms with Crippen LogP contribution in [0.5, 0.6) is 0 Å². The van der Waals surface area contributed by atoms with Crippen molar-refractivity contribution in [3.63, 3.8) is 0 Å². The molecule has 0 radical (unpaired) electrons. The fourth-order valence-corrected chi connectivity index (χ4v) is 4.39. The van der Waals surface area contributed by atoms with Crippen LogP contribution in [0.1, 0.15) is 46.0 Å². The maximum absolute atomic E-state index is 3.97. The summed E-state index contributed by atoms with van der Waals surface area (Å²) in [5.74, 6) is 4.59. The maximum atomic E-state index is 3.97. The standard InChI is InChI=1S/C10H12.C10H16/c1-2-9-7-4-5-8(6-7)10(9)3-1;1-8(2)10-6-4-9(3)5-7-10/h1-2,4-5,7-10H,3,6H2;4,10H,1,5-7H2,2-3H3. The van der Waals surface area contributed by atoms with Crippen molar-refractivity contribution in [2.24, 2.45) is 29.6 Å². The first kappa shape index (κ1) is 13.9. The van der Waals surface area contributed by atoms with Crippen molar-refractivity contribution in [3.8, 4) is 0 Å². The molecule has 5 atom stereocenters. The summed E-state index contributed by atoms with van der Waals surface area (Å²) in [4.78, 5) is 0. The van der Waals surface area contributed by atoms with Crippen molar-refractivity contribution < 1.29 is 0 Å². The molecule has 0 heterocycles. The summed E-state index contributed by atoms with van der Waals surface area (Å²) < 4.78 is 0. The van der Waals surface area contributed by atoms with Gasteiger partial charge in [0.1, 0.15) is 0 Å². The Bertz CT molecular complexity index is 462. The molecule has 5 unspecified atom stereocenters. The van der Waals surface area contributed by atoms with Crippen LogP contribution >= 0.6 is 0 Å². The summed E-state index contributed by atoms with van der Waals surface area (Å²) in [7, 11) is 0. The van der Waals surface area contributed by atoms with E-state index in [-0.39, 0.29) is 0 Å². The molecule has 0 N–H and O–H groups in total. The summed E-state index contributed by atoms with van der Waals surface area (Å²) in [6.45, 7) is 8.33. The molecule has 0 spiro atoms. The smallest absolute Gasteiger partial charge is 0.0133 e. The lowest BCUT2D eigenvalue weighted by molar-refractivity contribution is 0.398. The fraction of sp³-hybridized carbons (Fsp3) is 0.600. The van der Waals surface area contributed by atoms with E-state index >= 15 is 0 Å². The van der Waals surface area contributed by atoms with E-state index < -0.39 is 0 Å². The molecule has 4 rings (SSSR count). The van der Waals surface area contributed by atoms with Crippen molar-refractivity contribution in [3.05, 3.63) is 48.1 Å². The Hall–Kier alpha value is -1.04. The van der Waals surface area contributed by atoms with Crippen LogP contribution in [0.4, 0.5) is 0 Å². The molecule has 2 bridgehead atoms. The molecule has 0 aromatic rings. The van der Waals surface area contributed by atoms with Crippen LogP contribution < -0.4 is 0 Å². The molecule has 108 valence electrons. The third kappa shape index (κ3) is 2.71. The lowest BCUT2D eigenvalue weighted by atomic mass is 9.86. The van der Waals surface area contributed by atoms with Crippen LogP contribution in [0.25, 0.3) is 0 Å². The minimum Gasteiger partial charge on any atom is -0.0998 e. The summed E-state index contributed by atoms with van der Waals surface area (Å²) in [6, 6.07) is 0. The minimum absolute atomic E-state index is 0.767. The molecule has 4 aliphatic rings. The second kappa shape index (κ2) is 5.76. The van der Waals surface area contributed by atoms with Crippen LogP contribution in [-0.2, 0) is 0 Å². The van der Waals surface area contributed by atoms with Crippen molar-refractivity contribution in [1.29, 1.82) is 0 Å². The van der Waals surface area contributed by atoms with E-state index in [0.717, 1.165) is 29.6 Å². The van der Waals surface area contributed by atoms with E-state index in [4.69, 9.17) is 0 Å². The maximum Gasteiger partial charge on any atom is -0.0133 e. The summed E-state index contributed by atoms with van der Waals surface area (Å²) in [6.07, 6.45) is 18.7. The van der Waals surface area contributed by atoms with Crippen LogP contribution in [0.3, 0.4) is 0 Å². The highest BCUT2D eigenvalue weighted by atomic mass is 14.5. The Morgan fingerprint density at radius 3 is 2.60 bits per heavy atom. The molecule has 0 nitrogen and oxygen atoms in total. The highest BCUT2D eigenvalue weighted by molar-refractivity contribution is 5.21. The fourth-order valence-electron chi connectivity index (χ4n) is 4.39. The normalized spacial score (nSPS) is 40.1. The molecule has 1 fully saturated rings. The monoisotopic (exact) mass is 268 g/mol. The Morgan fingerprint density at radius 1 is 1.15 bits per heavy atom. The van der Waals surface area contributed by atoms with Crippen molar-refractivity contribution in [1.82, 2.24) is 0 Å². The molecule has 0 aliphatic heterocycles. The number of rotatable bonds is 1. The third-order valence-corrected chi connectivity index (χ3v) is 5.79. The molecular formula is C20H28.